The molecule has 0 saturated heterocycles. The monoisotopic (exact) mass is 180 g/mol. The largest absolute Gasteiger partial charge is 2.00 e. The molecule has 1 N–H and O–H groups in total. The zero-order valence-corrected chi connectivity index (χ0v) is 5.70. The molecule has 0 aromatic rings. The topological polar surface area (TPSA) is 83.4 Å². The molecule has 8 heavy (non-hydrogen) atoms. The van der Waals surface area contributed by atoms with Crippen molar-refractivity contribution in [1.29, 1.82) is 0 Å². The maximum Gasteiger partial charge on any atom is 2.00 e. The van der Waals surface area contributed by atoms with Crippen LogP contribution in [-0.4, -0.2) is 4.89 Å². The first-order valence-electron chi connectivity index (χ1n) is 0.748. The molecule has 0 radical (unpaired) electrons. The van der Waals surface area contributed by atoms with Gasteiger partial charge in [-0.05, 0) is 0 Å². The summed E-state index contributed by atoms with van der Waals surface area (Å²) in [6.07, 6.45) is 0. The standard InChI is InChI=1S/FH.Li.Ni.H3O4P/c;;;1-5(2,3)4/h1H;;;(H3,1,2,3,4)/q;+1;+2;/p-3. The molecule has 0 bridgehead atoms. The van der Waals surface area contributed by atoms with Crippen molar-refractivity contribution in [1.82, 2.24) is 0 Å². The van der Waals surface area contributed by atoms with Gasteiger partial charge in [0.2, 0.25) is 0 Å². The average molecular weight is 181 g/mol. The van der Waals surface area contributed by atoms with E-state index in [2.05, 4.69) is 0 Å². The number of hydrogen-bond donors (Lipinski definition) is 1. The van der Waals surface area contributed by atoms with Crippen molar-refractivity contribution in [2.24, 2.45) is 0 Å². The molecule has 0 rings (SSSR count). The van der Waals surface area contributed by atoms with Crippen LogP contribution in [0.5, 0.6) is 0 Å². The maximum absolute atomic E-state index is 8.66. The molecule has 0 atom stereocenters. The molecule has 48 valence electrons. The predicted octanol–water partition coefficient (Wildman–Crippen LogP) is -8.19. The molecule has 8 heteroatoms. The molecule has 0 aromatic carbocycles. The number of rotatable bonds is 0. The van der Waals surface area contributed by atoms with E-state index in [4.69, 9.17) is 19.2 Å². The van der Waals surface area contributed by atoms with Crippen molar-refractivity contribution in [3.8, 4) is 0 Å². The summed E-state index contributed by atoms with van der Waals surface area (Å²) in [5.41, 5.74) is 0. The summed E-state index contributed by atoms with van der Waals surface area (Å²) >= 11 is 0. The summed E-state index contributed by atoms with van der Waals surface area (Å²) in [5.74, 6) is 0. The first kappa shape index (κ1) is 22.9. The van der Waals surface area contributed by atoms with Gasteiger partial charge in [0.15, 0.2) is 0 Å². The predicted molar refractivity (Wildman–Crippen MR) is 9.83 cm³/mol. The Bertz CT molecular complexity index is 62.2. The van der Waals surface area contributed by atoms with Gasteiger partial charge >= 0.3 is 35.4 Å². The minimum Gasteiger partial charge on any atom is -1.00 e. The van der Waals surface area contributed by atoms with Crippen LogP contribution in [0.1, 0.15) is 0 Å². The van der Waals surface area contributed by atoms with Gasteiger partial charge < -0.3 is 23.9 Å². The van der Waals surface area contributed by atoms with E-state index in [0.717, 1.165) is 0 Å². The number of phosphoric acid groups is 1. The van der Waals surface area contributed by atoms with Gasteiger partial charge in [0.1, 0.15) is 0 Å². The molecule has 0 spiro atoms. The molecule has 0 amide bonds. The maximum atomic E-state index is 8.66. The molecule has 0 fully saturated rings. The summed E-state index contributed by atoms with van der Waals surface area (Å²) in [6, 6.07) is 0. The number of hydrogen-bond acceptors (Lipinski definition) is 3. The first-order chi connectivity index (χ1) is 2.00. The van der Waals surface area contributed by atoms with Crippen molar-refractivity contribution in [3.63, 3.8) is 0 Å². The Morgan fingerprint density at radius 2 is 1.38 bits per heavy atom. The van der Waals surface area contributed by atoms with E-state index in [9.17, 15) is 0 Å². The second-order valence-electron chi connectivity index (χ2n) is 0.469. The van der Waals surface area contributed by atoms with E-state index >= 15 is 0 Å². The molecule has 0 aliphatic carbocycles. The molecule has 4 nitrogen and oxygen atoms in total. The fourth-order valence-corrected chi connectivity index (χ4v) is 0. The summed E-state index contributed by atoms with van der Waals surface area (Å²) in [6.45, 7) is 0. The van der Waals surface area contributed by atoms with E-state index < -0.39 is 7.82 Å². The third-order valence-corrected chi connectivity index (χ3v) is 0. The average Bonchev–Trinajstić information content (AvgIpc) is 0.722. The summed E-state index contributed by atoms with van der Waals surface area (Å²) < 4.78 is 8.66. The quantitative estimate of drug-likeness (QED) is 0.297. The van der Waals surface area contributed by atoms with Crippen molar-refractivity contribution < 1.29 is 59.3 Å². The van der Waals surface area contributed by atoms with Gasteiger partial charge in [-0.15, -0.1) is 0 Å². The van der Waals surface area contributed by atoms with E-state index in [1.54, 1.807) is 0 Å². The third-order valence-electron chi connectivity index (χ3n) is 0. The van der Waals surface area contributed by atoms with Gasteiger partial charge in [-0.2, -0.15) is 0 Å². The molecule has 0 unspecified atom stereocenters. The fraction of sp³-hybridized carbons (Fsp3) is 0. The zero-order chi connectivity index (χ0) is 4.50. The minimum atomic E-state index is -5.14. The Labute approximate surface area is 67.4 Å². The van der Waals surface area contributed by atoms with E-state index in [-0.39, 0.29) is 40.1 Å². The van der Waals surface area contributed by atoms with E-state index in [1.165, 1.54) is 0 Å². The molecule has 0 saturated carbocycles. The summed E-state index contributed by atoms with van der Waals surface area (Å²) in [4.78, 5) is 24.3. The van der Waals surface area contributed by atoms with Crippen LogP contribution >= 0.6 is 7.82 Å². The van der Waals surface area contributed by atoms with Gasteiger partial charge in [-0.1, -0.05) is 0 Å². The van der Waals surface area contributed by atoms with Crippen LogP contribution in [0, 0.1) is 0 Å². The van der Waals surface area contributed by atoms with Crippen LogP contribution in [0.15, 0.2) is 0 Å². The fourth-order valence-electron chi connectivity index (χ4n) is 0. The molecule has 0 aliphatic heterocycles. The van der Waals surface area contributed by atoms with Gasteiger partial charge in [-0.3, -0.25) is 0 Å². The third kappa shape index (κ3) is 210. The van der Waals surface area contributed by atoms with Crippen LogP contribution in [-0.2, 0) is 21.1 Å². The Kier molecular flexibility index (Phi) is 23.3. The van der Waals surface area contributed by atoms with Crippen molar-refractivity contribution in [3.05, 3.63) is 0 Å². The van der Waals surface area contributed by atoms with Crippen molar-refractivity contribution in [2.45, 2.75) is 0 Å². The summed E-state index contributed by atoms with van der Waals surface area (Å²) in [7, 11) is -5.14. The Hall–Kier alpha value is 1.13. The van der Waals surface area contributed by atoms with E-state index in [0.29, 0.717) is 0 Å². The van der Waals surface area contributed by atoms with Crippen LogP contribution in [0.3, 0.4) is 0 Å². The normalized spacial score (nSPS) is 7.38. The van der Waals surface area contributed by atoms with Gasteiger partial charge in [0, 0.05) is 0 Å². The minimum absolute atomic E-state index is 0. The Morgan fingerprint density at radius 1 is 1.38 bits per heavy atom. The number of halogens is 1. The van der Waals surface area contributed by atoms with Crippen molar-refractivity contribution in [2.75, 3.05) is 0 Å². The Balaban J connectivity index is -0.0000000267. The Morgan fingerprint density at radius 3 is 1.38 bits per heavy atom. The molecule has 0 heterocycles. The van der Waals surface area contributed by atoms with Gasteiger partial charge in [0.25, 0.3) is 0 Å². The molecule has 0 aromatic heterocycles. The SMILES string of the molecule is O=P([O-])([O-])O.[F-].[Li+].[Ni+2]. The van der Waals surface area contributed by atoms with Crippen LogP contribution < -0.4 is 33.4 Å². The van der Waals surface area contributed by atoms with Gasteiger partial charge in [-0.25, -0.2) is 0 Å². The molecular formula is HFLiNiO4P. The first-order valence-corrected chi connectivity index (χ1v) is 2.24. The van der Waals surface area contributed by atoms with Crippen molar-refractivity contribution >= 4 is 7.82 Å². The second kappa shape index (κ2) is 8.13. The molecular weight excluding hydrogens is 180 g/mol. The second-order valence-corrected chi connectivity index (χ2v) is 1.41. The van der Waals surface area contributed by atoms with Crippen LogP contribution in [0.2, 0.25) is 0 Å². The zero-order valence-electron chi connectivity index (χ0n) is 3.81. The molecule has 0 aliphatic rings. The van der Waals surface area contributed by atoms with E-state index in [1.807, 2.05) is 0 Å². The smallest absolute Gasteiger partial charge is 1.00 e. The van der Waals surface area contributed by atoms with Crippen LogP contribution in [0.25, 0.3) is 0 Å². The summed E-state index contributed by atoms with van der Waals surface area (Å²) in [5, 5.41) is 0. The van der Waals surface area contributed by atoms with Gasteiger partial charge in [0.05, 0.1) is 7.82 Å². The van der Waals surface area contributed by atoms with Crippen LogP contribution in [0.4, 0.5) is 0 Å².